The van der Waals surface area contributed by atoms with Gasteiger partial charge in [-0.3, -0.25) is 9.69 Å². The zero-order valence-corrected chi connectivity index (χ0v) is 18.0. The number of amides is 1. The van der Waals surface area contributed by atoms with Gasteiger partial charge in [0, 0.05) is 22.5 Å². The molecule has 29 heavy (non-hydrogen) atoms. The van der Waals surface area contributed by atoms with Crippen molar-refractivity contribution >= 4 is 28.5 Å². The van der Waals surface area contributed by atoms with E-state index in [0.29, 0.717) is 12.3 Å². The third-order valence-electron chi connectivity index (χ3n) is 5.88. The second-order valence-electron chi connectivity index (χ2n) is 8.00. The third kappa shape index (κ3) is 3.92. The summed E-state index contributed by atoms with van der Waals surface area (Å²) >= 11 is 6.48. The van der Waals surface area contributed by atoms with Gasteiger partial charge in [0.05, 0.1) is 6.04 Å². The van der Waals surface area contributed by atoms with Crippen molar-refractivity contribution in [1.29, 1.82) is 0 Å². The van der Waals surface area contributed by atoms with Gasteiger partial charge in [-0.05, 0) is 75.5 Å². The molecular formula is C24H27ClN2O2. The van der Waals surface area contributed by atoms with Crippen LogP contribution in [0, 0.1) is 20.8 Å². The minimum atomic E-state index is -0.174. The summed E-state index contributed by atoms with van der Waals surface area (Å²) in [5.41, 5.74) is 4.98. The van der Waals surface area contributed by atoms with Crippen LogP contribution < -0.4 is 5.32 Å². The highest BCUT2D eigenvalue weighted by molar-refractivity contribution is 6.31. The first-order valence-corrected chi connectivity index (χ1v) is 10.6. The number of carbonyl (C=O) groups is 1. The Bertz CT molecular complexity index is 1050. The molecule has 2 aromatic carbocycles. The van der Waals surface area contributed by atoms with Gasteiger partial charge in [0.25, 0.3) is 5.91 Å². The van der Waals surface area contributed by atoms with Crippen LogP contribution in [0.2, 0.25) is 5.02 Å². The molecule has 4 nitrogen and oxygen atoms in total. The number of halogens is 1. The van der Waals surface area contributed by atoms with E-state index in [0.717, 1.165) is 51.3 Å². The number of nitrogens with one attached hydrogen (secondary N) is 1. The summed E-state index contributed by atoms with van der Waals surface area (Å²) in [5, 5.41) is 4.88. The van der Waals surface area contributed by atoms with Crippen molar-refractivity contribution in [2.45, 2.75) is 39.7 Å². The standard InChI is InChI=1S/C24H27ClN2O2/c1-15-12-16(2)22-17(3)23(29-21(22)13-15)24(28)26-14-20(27-10-6-7-11-27)18-8-4-5-9-19(18)25/h4-5,8-9,12-13,20H,6-7,10-11,14H2,1-3H3,(H,26,28). The number of fused-ring (bicyclic) bond motifs is 1. The molecule has 1 aliphatic rings. The largest absolute Gasteiger partial charge is 0.451 e. The Morgan fingerprint density at radius 2 is 1.90 bits per heavy atom. The molecule has 0 aliphatic carbocycles. The fourth-order valence-electron chi connectivity index (χ4n) is 4.51. The van der Waals surface area contributed by atoms with Crippen molar-refractivity contribution in [2.75, 3.05) is 19.6 Å². The van der Waals surface area contributed by atoms with Crippen LogP contribution in [0.5, 0.6) is 0 Å². The molecule has 4 rings (SSSR count). The molecule has 1 saturated heterocycles. The number of hydrogen-bond donors (Lipinski definition) is 1. The van der Waals surface area contributed by atoms with Crippen LogP contribution in [0.15, 0.2) is 40.8 Å². The highest BCUT2D eigenvalue weighted by Crippen LogP contribution is 2.31. The SMILES string of the molecule is Cc1cc(C)c2c(C)c(C(=O)NCC(c3ccccc3Cl)N3CCCC3)oc2c1. The topological polar surface area (TPSA) is 45.5 Å². The number of nitrogens with zero attached hydrogens (tertiary/aromatic N) is 1. The van der Waals surface area contributed by atoms with Gasteiger partial charge < -0.3 is 9.73 Å². The van der Waals surface area contributed by atoms with Gasteiger partial charge >= 0.3 is 0 Å². The first kappa shape index (κ1) is 20.0. The average molecular weight is 411 g/mol. The van der Waals surface area contributed by atoms with Gasteiger partial charge in [-0.15, -0.1) is 0 Å². The van der Waals surface area contributed by atoms with Crippen LogP contribution in [-0.2, 0) is 0 Å². The first-order chi connectivity index (χ1) is 14.0. The van der Waals surface area contributed by atoms with E-state index < -0.39 is 0 Å². The van der Waals surface area contributed by atoms with E-state index in [1.165, 1.54) is 12.8 Å². The fourth-order valence-corrected chi connectivity index (χ4v) is 4.77. The lowest BCUT2D eigenvalue weighted by Gasteiger charge is -2.28. The van der Waals surface area contributed by atoms with E-state index in [1.807, 2.05) is 38.1 Å². The van der Waals surface area contributed by atoms with Crippen molar-refractivity contribution in [3.63, 3.8) is 0 Å². The predicted molar refractivity (Wildman–Crippen MR) is 118 cm³/mol. The van der Waals surface area contributed by atoms with Crippen LogP contribution in [0.3, 0.4) is 0 Å². The van der Waals surface area contributed by atoms with Crippen LogP contribution in [0.25, 0.3) is 11.0 Å². The number of furan rings is 1. The molecule has 1 aromatic heterocycles. The second-order valence-corrected chi connectivity index (χ2v) is 8.41. The van der Waals surface area contributed by atoms with Gasteiger partial charge in [0.15, 0.2) is 5.76 Å². The molecular weight excluding hydrogens is 384 g/mol. The quantitative estimate of drug-likeness (QED) is 0.597. The molecule has 3 aromatic rings. The first-order valence-electron chi connectivity index (χ1n) is 10.2. The lowest BCUT2D eigenvalue weighted by molar-refractivity contribution is 0.0911. The summed E-state index contributed by atoms with van der Waals surface area (Å²) in [7, 11) is 0. The van der Waals surface area contributed by atoms with Gasteiger partial charge in [0.1, 0.15) is 5.58 Å². The highest BCUT2D eigenvalue weighted by atomic mass is 35.5. The zero-order valence-electron chi connectivity index (χ0n) is 17.2. The van der Waals surface area contributed by atoms with Crippen LogP contribution >= 0.6 is 11.6 Å². The van der Waals surface area contributed by atoms with Crippen molar-refractivity contribution in [1.82, 2.24) is 10.2 Å². The van der Waals surface area contributed by atoms with Crippen LogP contribution in [0.4, 0.5) is 0 Å². The molecule has 5 heteroatoms. The Kier molecular flexibility index (Phi) is 5.66. The molecule has 1 fully saturated rings. The van der Waals surface area contributed by atoms with Gasteiger partial charge in [0.2, 0.25) is 0 Å². The van der Waals surface area contributed by atoms with Gasteiger partial charge in [-0.25, -0.2) is 0 Å². The van der Waals surface area contributed by atoms with Crippen molar-refractivity contribution in [3.05, 3.63) is 69.4 Å². The maximum Gasteiger partial charge on any atom is 0.287 e. The van der Waals surface area contributed by atoms with E-state index in [9.17, 15) is 4.79 Å². The van der Waals surface area contributed by atoms with Crippen molar-refractivity contribution < 1.29 is 9.21 Å². The molecule has 1 atom stereocenters. The molecule has 2 heterocycles. The summed E-state index contributed by atoms with van der Waals surface area (Å²) in [5.74, 6) is 0.222. The van der Waals surface area contributed by atoms with Gasteiger partial charge in [-0.1, -0.05) is 35.9 Å². The molecule has 0 spiro atoms. The molecule has 1 N–H and O–H groups in total. The molecule has 0 radical (unpaired) electrons. The number of aryl methyl sites for hydroxylation is 3. The maximum absolute atomic E-state index is 13.0. The smallest absolute Gasteiger partial charge is 0.287 e. The van der Waals surface area contributed by atoms with Crippen molar-refractivity contribution in [3.8, 4) is 0 Å². The Morgan fingerprint density at radius 3 is 2.62 bits per heavy atom. The van der Waals surface area contributed by atoms with E-state index in [4.69, 9.17) is 16.0 Å². The van der Waals surface area contributed by atoms with E-state index in [-0.39, 0.29) is 11.9 Å². The summed E-state index contributed by atoms with van der Waals surface area (Å²) in [4.78, 5) is 15.4. The number of rotatable bonds is 5. The van der Waals surface area contributed by atoms with E-state index >= 15 is 0 Å². The molecule has 0 saturated carbocycles. The third-order valence-corrected chi connectivity index (χ3v) is 6.22. The molecule has 152 valence electrons. The fraction of sp³-hybridized carbons (Fsp3) is 0.375. The maximum atomic E-state index is 13.0. The lowest BCUT2D eigenvalue weighted by Crippen LogP contribution is -2.37. The number of carbonyl (C=O) groups excluding carboxylic acids is 1. The summed E-state index contributed by atoms with van der Waals surface area (Å²) < 4.78 is 5.96. The predicted octanol–water partition coefficient (Wildman–Crippen LogP) is 5.58. The van der Waals surface area contributed by atoms with E-state index in [1.54, 1.807) is 0 Å². The number of benzene rings is 2. The van der Waals surface area contributed by atoms with Crippen LogP contribution in [-0.4, -0.2) is 30.4 Å². The zero-order chi connectivity index (χ0) is 20.5. The average Bonchev–Trinajstić information content (AvgIpc) is 3.31. The monoisotopic (exact) mass is 410 g/mol. The lowest BCUT2D eigenvalue weighted by atomic mass is 10.0. The Labute approximate surface area is 176 Å². The van der Waals surface area contributed by atoms with Crippen molar-refractivity contribution in [2.24, 2.45) is 0 Å². The molecule has 1 unspecified atom stereocenters. The Morgan fingerprint density at radius 1 is 1.17 bits per heavy atom. The molecule has 1 aliphatic heterocycles. The number of hydrogen-bond acceptors (Lipinski definition) is 3. The van der Waals surface area contributed by atoms with E-state index in [2.05, 4.69) is 29.3 Å². The molecule has 1 amide bonds. The summed E-state index contributed by atoms with van der Waals surface area (Å²) in [6.45, 7) is 8.59. The Hall–Kier alpha value is -2.30. The Balaban J connectivity index is 1.59. The molecule has 0 bridgehead atoms. The highest BCUT2D eigenvalue weighted by Gasteiger charge is 2.27. The summed E-state index contributed by atoms with van der Waals surface area (Å²) in [6, 6.07) is 12.1. The normalized spacial score (nSPS) is 15.7. The minimum Gasteiger partial charge on any atom is -0.451 e. The summed E-state index contributed by atoms with van der Waals surface area (Å²) in [6.07, 6.45) is 2.35. The van der Waals surface area contributed by atoms with Gasteiger partial charge in [-0.2, -0.15) is 0 Å². The second kappa shape index (κ2) is 8.21. The minimum absolute atomic E-state index is 0.0591. The van der Waals surface area contributed by atoms with Crippen LogP contribution in [0.1, 0.15) is 51.7 Å². The number of likely N-dealkylation sites (tertiary alicyclic amines) is 1.